The third-order valence-electron chi connectivity index (χ3n) is 5.66. The van der Waals surface area contributed by atoms with Gasteiger partial charge in [-0.3, -0.25) is 4.79 Å². The second kappa shape index (κ2) is 5.83. The number of nitrogens with zero attached hydrogens (tertiary/aromatic N) is 3. The second-order valence-corrected chi connectivity index (χ2v) is 7.10. The molecule has 24 heavy (non-hydrogen) atoms. The third kappa shape index (κ3) is 2.39. The normalized spacial score (nSPS) is 23.2. The number of aliphatic hydroxyl groups is 1. The lowest BCUT2D eigenvalue weighted by Crippen LogP contribution is -2.47. The molecule has 0 aliphatic carbocycles. The van der Waals surface area contributed by atoms with Crippen LogP contribution < -0.4 is 0 Å². The maximum atomic E-state index is 11.5. The summed E-state index contributed by atoms with van der Waals surface area (Å²) in [5, 5.41) is 11.5. The fourth-order valence-corrected chi connectivity index (χ4v) is 4.21. The summed E-state index contributed by atoms with van der Waals surface area (Å²) in [4.78, 5) is 18.2. The Morgan fingerprint density at radius 2 is 2.00 bits per heavy atom. The van der Waals surface area contributed by atoms with Gasteiger partial charge in [0.25, 0.3) is 0 Å². The number of hydrogen-bond acceptors (Lipinski definition) is 4. The van der Waals surface area contributed by atoms with Crippen LogP contribution in [0.2, 0.25) is 0 Å². The van der Waals surface area contributed by atoms with Crippen LogP contribution >= 0.6 is 0 Å². The number of carbonyl (C=O) groups is 1. The summed E-state index contributed by atoms with van der Waals surface area (Å²) in [7, 11) is 2.09. The van der Waals surface area contributed by atoms with Crippen LogP contribution in [0.3, 0.4) is 0 Å². The van der Waals surface area contributed by atoms with E-state index < -0.39 is 5.60 Å². The fraction of sp³-hybridized carbons (Fsp3) is 0.474. The minimum atomic E-state index is -0.823. The largest absolute Gasteiger partial charge is 0.389 e. The number of likely N-dealkylation sites (tertiary alicyclic amines) is 1. The second-order valence-electron chi connectivity index (χ2n) is 7.10. The van der Waals surface area contributed by atoms with Gasteiger partial charge in [-0.2, -0.15) is 0 Å². The maximum absolute atomic E-state index is 11.5. The standard InChI is InChI=1S/C19H23N3O2/c1-21-10-7-19(24,8-11-21)17-16-5-3-2-4-14(16)6-9-22-15(13-23)12-20-18(17)22/h2-5,12-13,17,24H,6-11H2,1H3. The molecule has 3 heterocycles. The molecule has 1 atom stereocenters. The molecule has 0 amide bonds. The van der Waals surface area contributed by atoms with Crippen LogP contribution in [0.25, 0.3) is 0 Å². The van der Waals surface area contributed by atoms with Crippen molar-refractivity contribution in [2.75, 3.05) is 20.1 Å². The molecule has 0 spiro atoms. The van der Waals surface area contributed by atoms with Crippen molar-refractivity contribution < 1.29 is 9.90 Å². The van der Waals surface area contributed by atoms with E-state index in [1.807, 2.05) is 16.7 Å². The topological polar surface area (TPSA) is 58.4 Å². The molecule has 2 aromatic rings. The quantitative estimate of drug-likeness (QED) is 0.856. The van der Waals surface area contributed by atoms with E-state index >= 15 is 0 Å². The molecule has 0 saturated carbocycles. The maximum Gasteiger partial charge on any atom is 0.168 e. The van der Waals surface area contributed by atoms with Gasteiger partial charge in [0.2, 0.25) is 0 Å². The van der Waals surface area contributed by atoms with Gasteiger partial charge in [0, 0.05) is 19.6 Å². The van der Waals surface area contributed by atoms with Gasteiger partial charge in [-0.25, -0.2) is 4.98 Å². The Labute approximate surface area is 141 Å². The lowest BCUT2D eigenvalue weighted by atomic mass is 9.74. The summed E-state index contributed by atoms with van der Waals surface area (Å²) in [6.07, 6.45) is 4.79. The van der Waals surface area contributed by atoms with Gasteiger partial charge in [-0.05, 0) is 37.4 Å². The lowest BCUT2D eigenvalue weighted by molar-refractivity contribution is -0.0310. The van der Waals surface area contributed by atoms with Gasteiger partial charge in [0.15, 0.2) is 6.29 Å². The van der Waals surface area contributed by atoms with Gasteiger partial charge >= 0.3 is 0 Å². The first-order valence-corrected chi connectivity index (χ1v) is 8.62. The van der Waals surface area contributed by atoms with Crippen molar-refractivity contribution in [3.05, 3.63) is 53.1 Å². The molecule has 0 bridgehead atoms. The molecule has 2 aliphatic rings. The van der Waals surface area contributed by atoms with Crippen molar-refractivity contribution >= 4 is 6.29 Å². The number of benzene rings is 1. The molecule has 1 saturated heterocycles. The van der Waals surface area contributed by atoms with Crippen molar-refractivity contribution in [2.24, 2.45) is 0 Å². The van der Waals surface area contributed by atoms with Crippen molar-refractivity contribution in [1.82, 2.24) is 14.5 Å². The van der Waals surface area contributed by atoms with Gasteiger partial charge in [-0.15, -0.1) is 0 Å². The van der Waals surface area contributed by atoms with E-state index in [0.29, 0.717) is 18.5 Å². The van der Waals surface area contributed by atoms with E-state index in [1.165, 1.54) is 5.56 Å². The molecule has 1 fully saturated rings. The minimum absolute atomic E-state index is 0.182. The summed E-state index contributed by atoms with van der Waals surface area (Å²) < 4.78 is 1.99. The molecular formula is C19H23N3O2. The molecule has 0 radical (unpaired) electrons. The zero-order chi connectivity index (χ0) is 16.7. The highest BCUT2D eigenvalue weighted by atomic mass is 16.3. The van der Waals surface area contributed by atoms with Crippen LogP contribution in [0.15, 0.2) is 30.5 Å². The predicted octanol–water partition coefficient (Wildman–Crippen LogP) is 1.84. The lowest BCUT2D eigenvalue weighted by Gasteiger charge is -2.42. The predicted molar refractivity (Wildman–Crippen MR) is 91.3 cm³/mol. The van der Waals surface area contributed by atoms with E-state index in [-0.39, 0.29) is 5.92 Å². The van der Waals surface area contributed by atoms with Gasteiger partial charge in [-0.1, -0.05) is 24.3 Å². The van der Waals surface area contributed by atoms with E-state index in [1.54, 1.807) is 6.20 Å². The van der Waals surface area contributed by atoms with Crippen LogP contribution in [0.1, 0.15) is 46.2 Å². The fourth-order valence-electron chi connectivity index (χ4n) is 4.21. The first-order chi connectivity index (χ1) is 11.6. The minimum Gasteiger partial charge on any atom is -0.389 e. The number of fused-ring (bicyclic) bond motifs is 2. The monoisotopic (exact) mass is 325 g/mol. The number of carbonyl (C=O) groups excluding carboxylic acids is 1. The summed E-state index contributed by atoms with van der Waals surface area (Å²) >= 11 is 0. The number of hydrogen-bond donors (Lipinski definition) is 1. The number of imidazole rings is 1. The van der Waals surface area contributed by atoms with Gasteiger partial charge < -0.3 is 14.6 Å². The molecule has 5 heteroatoms. The summed E-state index contributed by atoms with van der Waals surface area (Å²) in [5.74, 6) is 0.646. The van der Waals surface area contributed by atoms with Crippen LogP contribution in [0.4, 0.5) is 0 Å². The smallest absolute Gasteiger partial charge is 0.168 e. The molecule has 126 valence electrons. The number of rotatable bonds is 2. The SMILES string of the molecule is CN1CCC(O)(C2c3ccccc3CCn3c(C=O)cnc32)CC1. The average Bonchev–Trinajstić information content (AvgIpc) is 2.91. The Morgan fingerprint density at radius 1 is 1.25 bits per heavy atom. The Hall–Kier alpha value is -1.98. The van der Waals surface area contributed by atoms with Gasteiger partial charge in [0.05, 0.1) is 17.7 Å². The first kappa shape index (κ1) is 15.5. The zero-order valence-corrected chi connectivity index (χ0v) is 14.0. The highest BCUT2D eigenvalue weighted by Gasteiger charge is 2.44. The van der Waals surface area contributed by atoms with Gasteiger partial charge in [0.1, 0.15) is 11.5 Å². The van der Waals surface area contributed by atoms with E-state index in [9.17, 15) is 9.90 Å². The number of aromatic nitrogens is 2. The molecule has 4 rings (SSSR count). The molecule has 5 nitrogen and oxygen atoms in total. The van der Waals surface area contributed by atoms with E-state index in [2.05, 4.69) is 29.1 Å². The number of aldehydes is 1. The summed E-state index contributed by atoms with van der Waals surface area (Å²) in [5.41, 5.74) is 2.18. The van der Waals surface area contributed by atoms with E-state index in [0.717, 1.165) is 43.7 Å². The first-order valence-electron chi connectivity index (χ1n) is 8.62. The number of aryl methyl sites for hydroxylation is 1. The molecular weight excluding hydrogens is 302 g/mol. The Morgan fingerprint density at radius 3 is 2.75 bits per heavy atom. The highest BCUT2D eigenvalue weighted by molar-refractivity contribution is 5.72. The van der Waals surface area contributed by atoms with E-state index in [4.69, 9.17) is 0 Å². The molecule has 2 aliphatic heterocycles. The Balaban J connectivity index is 1.87. The zero-order valence-electron chi connectivity index (χ0n) is 14.0. The molecule has 1 N–H and O–H groups in total. The Bertz CT molecular complexity index is 760. The van der Waals surface area contributed by atoms with Crippen molar-refractivity contribution in [1.29, 1.82) is 0 Å². The van der Waals surface area contributed by atoms with Crippen molar-refractivity contribution in [2.45, 2.75) is 37.3 Å². The molecule has 1 unspecified atom stereocenters. The van der Waals surface area contributed by atoms with Crippen molar-refractivity contribution in [3.8, 4) is 0 Å². The van der Waals surface area contributed by atoms with Crippen LogP contribution in [0, 0.1) is 0 Å². The summed E-state index contributed by atoms with van der Waals surface area (Å²) in [6, 6.07) is 8.32. The van der Waals surface area contributed by atoms with Crippen LogP contribution in [0.5, 0.6) is 0 Å². The highest BCUT2D eigenvalue weighted by Crippen LogP contribution is 2.43. The third-order valence-corrected chi connectivity index (χ3v) is 5.66. The molecule has 1 aromatic heterocycles. The number of piperidine rings is 1. The molecule has 1 aromatic carbocycles. The Kier molecular flexibility index (Phi) is 3.77. The average molecular weight is 325 g/mol. The van der Waals surface area contributed by atoms with Crippen molar-refractivity contribution in [3.63, 3.8) is 0 Å². The summed E-state index contributed by atoms with van der Waals surface area (Å²) in [6.45, 7) is 2.47. The van der Waals surface area contributed by atoms with Crippen LogP contribution in [-0.2, 0) is 13.0 Å². The van der Waals surface area contributed by atoms with Crippen LogP contribution in [-0.4, -0.2) is 51.6 Å².